The predicted octanol–water partition coefficient (Wildman–Crippen LogP) is 3.31. The van der Waals surface area contributed by atoms with Crippen molar-refractivity contribution in [2.24, 2.45) is 0 Å². The van der Waals surface area contributed by atoms with Gasteiger partial charge in [-0.15, -0.1) is 11.3 Å². The van der Waals surface area contributed by atoms with Gasteiger partial charge in [-0.25, -0.2) is 9.67 Å². The summed E-state index contributed by atoms with van der Waals surface area (Å²) in [6.07, 6.45) is 7.13. The van der Waals surface area contributed by atoms with Crippen LogP contribution >= 0.6 is 11.3 Å². The van der Waals surface area contributed by atoms with E-state index in [1.165, 1.54) is 0 Å². The Morgan fingerprint density at radius 1 is 1.36 bits per heavy atom. The first kappa shape index (κ1) is 15.8. The van der Waals surface area contributed by atoms with Crippen molar-refractivity contribution in [2.45, 2.75) is 18.9 Å². The third kappa shape index (κ3) is 2.91. The summed E-state index contributed by atoms with van der Waals surface area (Å²) in [5.41, 5.74) is 1.39. The Kier molecular flexibility index (Phi) is 4.23. The third-order valence-corrected chi connectivity index (χ3v) is 5.29. The number of carbonyl (C=O) groups excluding carboxylic acids is 1. The van der Waals surface area contributed by atoms with Gasteiger partial charge in [0.15, 0.2) is 0 Å². The Bertz CT molecular complexity index is 875. The summed E-state index contributed by atoms with van der Waals surface area (Å²) in [6.45, 7) is 0.753. The lowest BCUT2D eigenvalue weighted by Crippen LogP contribution is -2.30. The van der Waals surface area contributed by atoms with Gasteiger partial charge >= 0.3 is 0 Å². The summed E-state index contributed by atoms with van der Waals surface area (Å²) < 4.78 is 7.05. The largest absolute Gasteiger partial charge is 0.494 e. The first-order valence-electron chi connectivity index (χ1n) is 8.16. The molecule has 3 heterocycles. The maximum absolute atomic E-state index is 13.0. The van der Waals surface area contributed by atoms with Crippen LogP contribution in [-0.2, 0) is 0 Å². The molecule has 128 valence electrons. The molecule has 1 aliphatic rings. The molecular formula is C18H18N4O2S. The summed E-state index contributed by atoms with van der Waals surface area (Å²) >= 11 is 1.60. The molecule has 6 nitrogen and oxygen atoms in total. The molecule has 0 radical (unpaired) electrons. The molecule has 0 unspecified atom stereocenters. The van der Waals surface area contributed by atoms with Crippen LogP contribution in [0.25, 0.3) is 5.69 Å². The molecule has 1 aliphatic heterocycles. The monoisotopic (exact) mass is 354 g/mol. The molecule has 1 aromatic carbocycles. The highest BCUT2D eigenvalue weighted by Gasteiger charge is 2.32. The van der Waals surface area contributed by atoms with Crippen molar-refractivity contribution in [1.29, 1.82) is 0 Å². The van der Waals surface area contributed by atoms with E-state index in [1.807, 2.05) is 34.5 Å². The number of amides is 1. The molecule has 1 saturated heterocycles. The highest BCUT2D eigenvalue weighted by molar-refractivity contribution is 7.09. The zero-order valence-electron chi connectivity index (χ0n) is 13.8. The van der Waals surface area contributed by atoms with Crippen LogP contribution in [0.3, 0.4) is 0 Å². The SMILES string of the molecule is COc1ccccc1-n1cc(C(=O)N2CCC[C@H]2c2nccs2)cn1. The van der Waals surface area contributed by atoms with Crippen LogP contribution in [-0.4, -0.2) is 39.2 Å². The molecule has 2 aromatic heterocycles. The highest BCUT2D eigenvalue weighted by atomic mass is 32.1. The van der Waals surface area contributed by atoms with Crippen molar-refractivity contribution in [3.8, 4) is 11.4 Å². The standard InChI is InChI=1S/C18H18N4O2S/c1-24-16-7-3-2-5-14(16)22-12-13(11-20-22)18(23)21-9-4-6-15(21)17-19-8-10-25-17/h2-3,5,7-8,10-12,15H,4,6,9H2,1H3/t15-/m0/s1. The number of rotatable bonds is 4. The van der Waals surface area contributed by atoms with Crippen LogP contribution in [0.4, 0.5) is 0 Å². The second-order valence-corrected chi connectivity index (χ2v) is 6.80. The first-order chi connectivity index (χ1) is 12.3. The molecular weight excluding hydrogens is 336 g/mol. The Morgan fingerprint density at radius 2 is 2.24 bits per heavy atom. The smallest absolute Gasteiger partial charge is 0.257 e. The summed E-state index contributed by atoms with van der Waals surface area (Å²) in [4.78, 5) is 19.3. The van der Waals surface area contributed by atoms with E-state index in [0.717, 1.165) is 30.1 Å². The van der Waals surface area contributed by atoms with Crippen LogP contribution in [0.15, 0.2) is 48.2 Å². The Labute approximate surface area is 149 Å². The molecule has 7 heteroatoms. The van der Waals surface area contributed by atoms with Crippen molar-refractivity contribution in [2.75, 3.05) is 13.7 Å². The van der Waals surface area contributed by atoms with Gasteiger partial charge in [0.05, 0.1) is 24.9 Å². The molecule has 0 N–H and O–H groups in total. The Morgan fingerprint density at radius 3 is 3.04 bits per heavy atom. The lowest BCUT2D eigenvalue weighted by Gasteiger charge is -2.22. The van der Waals surface area contributed by atoms with E-state index in [1.54, 1.807) is 41.7 Å². The fourth-order valence-electron chi connectivity index (χ4n) is 3.22. The summed E-state index contributed by atoms with van der Waals surface area (Å²) in [7, 11) is 1.62. The number of thiazole rings is 1. The predicted molar refractivity (Wildman–Crippen MR) is 95.2 cm³/mol. The van der Waals surface area contributed by atoms with E-state index in [9.17, 15) is 4.79 Å². The minimum Gasteiger partial charge on any atom is -0.494 e. The molecule has 0 spiro atoms. The number of aromatic nitrogens is 3. The quantitative estimate of drug-likeness (QED) is 0.721. The third-order valence-electron chi connectivity index (χ3n) is 4.41. The van der Waals surface area contributed by atoms with Gasteiger partial charge in [-0.05, 0) is 25.0 Å². The average molecular weight is 354 g/mol. The van der Waals surface area contributed by atoms with Gasteiger partial charge < -0.3 is 9.64 Å². The van der Waals surface area contributed by atoms with Crippen molar-refractivity contribution in [3.05, 3.63) is 58.8 Å². The fourth-order valence-corrected chi connectivity index (χ4v) is 4.00. The molecule has 1 amide bonds. The van der Waals surface area contributed by atoms with E-state index in [-0.39, 0.29) is 11.9 Å². The van der Waals surface area contributed by atoms with Crippen molar-refractivity contribution >= 4 is 17.2 Å². The Hall–Kier alpha value is -2.67. The maximum Gasteiger partial charge on any atom is 0.257 e. The van der Waals surface area contributed by atoms with Gasteiger partial charge in [-0.1, -0.05) is 12.1 Å². The van der Waals surface area contributed by atoms with E-state index in [0.29, 0.717) is 11.3 Å². The van der Waals surface area contributed by atoms with Crippen molar-refractivity contribution < 1.29 is 9.53 Å². The maximum atomic E-state index is 13.0. The fraction of sp³-hybridized carbons (Fsp3) is 0.278. The topological polar surface area (TPSA) is 60.2 Å². The molecule has 4 rings (SSSR count). The summed E-state index contributed by atoms with van der Waals surface area (Å²) in [5.74, 6) is 0.713. The number of ether oxygens (including phenoxy) is 1. The second kappa shape index (κ2) is 6.68. The number of hydrogen-bond donors (Lipinski definition) is 0. The number of para-hydroxylation sites is 2. The van der Waals surface area contributed by atoms with Gasteiger partial charge in [-0.2, -0.15) is 5.10 Å². The zero-order chi connectivity index (χ0) is 17.2. The molecule has 0 saturated carbocycles. The van der Waals surface area contributed by atoms with E-state index in [4.69, 9.17) is 4.74 Å². The lowest BCUT2D eigenvalue weighted by atomic mass is 10.2. The van der Waals surface area contributed by atoms with E-state index in [2.05, 4.69) is 10.1 Å². The van der Waals surface area contributed by atoms with Gasteiger partial charge in [0, 0.05) is 24.3 Å². The first-order valence-corrected chi connectivity index (χ1v) is 9.04. The molecule has 0 aliphatic carbocycles. The van der Waals surface area contributed by atoms with Crippen LogP contribution in [0.5, 0.6) is 5.75 Å². The highest BCUT2D eigenvalue weighted by Crippen LogP contribution is 2.34. The molecule has 25 heavy (non-hydrogen) atoms. The van der Waals surface area contributed by atoms with Gasteiger partial charge in [0.2, 0.25) is 0 Å². The van der Waals surface area contributed by atoms with Crippen molar-refractivity contribution in [3.63, 3.8) is 0 Å². The molecule has 1 fully saturated rings. The van der Waals surface area contributed by atoms with Crippen molar-refractivity contribution in [1.82, 2.24) is 19.7 Å². The zero-order valence-corrected chi connectivity index (χ0v) is 14.6. The van der Waals surface area contributed by atoms with Crippen LogP contribution in [0, 0.1) is 0 Å². The van der Waals surface area contributed by atoms with E-state index < -0.39 is 0 Å². The molecule has 0 bridgehead atoms. The van der Waals surface area contributed by atoms with Crippen LogP contribution in [0.2, 0.25) is 0 Å². The second-order valence-electron chi connectivity index (χ2n) is 5.87. The van der Waals surface area contributed by atoms with Gasteiger partial charge in [0.25, 0.3) is 5.91 Å². The minimum atomic E-state index is -0.00107. The Balaban J connectivity index is 1.60. The van der Waals surface area contributed by atoms with Gasteiger partial charge in [-0.3, -0.25) is 4.79 Å². The molecule has 3 aromatic rings. The number of likely N-dealkylation sites (tertiary alicyclic amines) is 1. The number of carbonyl (C=O) groups is 1. The number of nitrogens with zero attached hydrogens (tertiary/aromatic N) is 4. The summed E-state index contributed by atoms with van der Waals surface area (Å²) in [6, 6.07) is 7.68. The number of benzene rings is 1. The minimum absolute atomic E-state index is 0.00107. The number of methoxy groups -OCH3 is 1. The van der Waals surface area contributed by atoms with Gasteiger partial charge in [0.1, 0.15) is 16.4 Å². The normalized spacial score (nSPS) is 17.0. The summed E-state index contributed by atoms with van der Waals surface area (Å²) in [5, 5.41) is 7.31. The lowest BCUT2D eigenvalue weighted by molar-refractivity contribution is 0.0735. The van der Waals surface area contributed by atoms with E-state index >= 15 is 0 Å². The van der Waals surface area contributed by atoms with Crippen LogP contribution in [0.1, 0.15) is 34.2 Å². The number of hydrogen-bond acceptors (Lipinski definition) is 5. The molecule has 1 atom stereocenters. The average Bonchev–Trinajstić information content (AvgIpc) is 3.41. The van der Waals surface area contributed by atoms with Crippen LogP contribution < -0.4 is 4.74 Å².